The van der Waals surface area contributed by atoms with Gasteiger partial charge in [0.2, 0.25) is 11.8 Å². The number of hydrogen-bond donors (Lipinski definition) is 0. The smallest absolute Gasteiger partial charge is 0.349 e. The number of likely N-dealkylation sites (tertiary alicyclic amines) is 2. The lowest BCUT2D eigenvalue weighted by atomic mass is 9.71. The van der Waals surface area contributed by atoms with Gasteiger partial charge in [0.25, 0.3) is 11.8 Å². The molecule has 0 bridgehead atoms. The number of amides is 2. The molecule has 1 spiro atoms. The van der Waals surface area contributed by atoms with Crippen molar-refractivity contribution >= 4 is 46.4 Å². The van der Waals surface area contributed by atoms with Gasteiger partial charge in [0.05, 0.1) is 27.7 Å². The van der Waals surface area contributed by atoms with Crippen molar-refractivity contribution in [3.63, 3.8) is 0 Å². The van der Waals surface area contributed by atoms with E-state index < -0.39 is 28.7 Å². The van der Waals surface area contributed by atoms with Crippen LogP contribution in [0, 0.1) is 16.7 Å². The van der Waals surface area contributed by atoms with Crippen molar-refractivity contribution in [2.24, 2.45) is 16.7 Å². The van der Waals surface area contributed by atoms with Crippen LogP contribution in [-0.4, -0.2) is 63.0 Å². The number of hydrogen-bond acceptors (Lipinski definition) is 7. The molecule has 4 heterocycles. The number of carbonyl (C=O) groups is 2. The minimum atomic E-state index is -3.61. The highest BCUT2D eigenvalue weighted by atomic mass is 35.5. The van der Waals surface area contributed by atoms with Gasteiger partial charge in [-0.1, -0.05) is 43.1 Å². The van der Waals surface area contributed by atoms with E-state index in [9.17, 15) is 9.59 Å². The number of halogens is 4. The van der Waals surface area contributed by atoms with E-state index in [0.717, 1.165) is 18.6 Å². The molecule has 2 aromatic heterocycles. The van der Waals surface area contributed by atoms with E-state index in [2.05, 4.69) is 29.0 Å². The lowest BCUT2D eigenvalue weighted by Gasteiger charge is -2.50. The summed E-state index contributed by atoms with van der Waals surface area (Å²) in [6.45, 7) is 5.44. The number of thiazole rings is 1. The zero-order valence-corrected chi connectivity index (χ0v) is 22.8. The van der Waals surface area contributed by atoms with Gasteiger partial charge in [0.15, 0.2) is 0 Å². The molecule has 2 unspecified atom stereocenters. The third-order valence-electron chi connectivity index (χ3n) is 8.00. The van der Waals surface area contributed by atoms with Gasteiger partial charge in [-0.2, -0.15) is 8.78 Å². The predicted molar refractivity (Wildman–Crippen MR) is 135 cm³/mol. The highest BCUT2D eigenvalue weighted by molar-refractivity contribution is 7.11. The molecule has 0 N–H and O–H groups in total. The van der Waals surface area contributed by atoms with Gasteiger partial charge in [-0.15, -0.1) is 21.5 Å². The number of nitrogens with zero attached hydrogens (tertiary/aromatic N) is 5. The Balaban J connectivity index is 1.28. The van der Waals surface area contributed by atoms with Crippen molar-refractivity contribution in [3.05, 3.63) is 62.2 Å². The highest BCUT2D eigenvalue weighted by Crippen LogP contribution is 2.56. The molecule has 1 aliphatic carbocycles. The van der Waals surface area contributed by atoms with Crippen molar-refractivity contribution in [2.45, 2.75) is 32.1 Å². The first kappa shape index (κ1) is 25.6. The fourth-order valence-electron chi connectivity index (χ4n) is 5.56. The molecule has 38 heavy (non-hydrogen) atoms. The largest absolute Gasteiger partial charge is 0.419 e. The summed E-state index contributed by atoms with van der Waals surface area (Å²) in [6, 6.07) is 3.49. The second-order valence-electron chi connectivity index (χ2n) is 11.1. The molecule has 13 heteroatoms. The normalized spacial score (nSPS) is 23.5. The van der Waals surface area contributed by atoms with Crippen LogP contribution < -0.4 is 0 Å². The molecule has 2 saturated heterocycles. The summed E-state index contributed by atoms with van der Waals surface area (Å²) >= 11 is 13.1. The van der Waals surface area contributed by atoms with E-state index >= 15 is 8.78 Å². The van der Waals surface area contributed by atoms with E-state index in [0.29, 0.717) is 24.5 Å². The molecule has 2 amide bonds. The Labute approximate surface area is 230 Å². The predicted octanol–water partition coefficient (Wildman–Crippen LogP) is 5.09. The van der Waals surface area contributed by atoms with Crippen LogP contribution in [0.5, 0.6) is 0 Å². The lowest BCUT2D eigenvalue weighted by Crippen LogP contribution is -2.62. The summed E-state index contributed by atoms with van der Waals surface area (Å²) in [5, 5.41) is 7.81. The maximum Gasteiger partial charge on any atom is 0.349 e. The van der Waals surface area contributed by atoms with E-state index in [4.69, 9.17) is 27.6 Å². The summed E-state index contributed by atoms with van der Waals surface area (Å²) in [5.41, 5.74) is 0.559. The molecule has 3 fully saturated rings. The van der Waals surface area contributed by atoms with E-state index in [-0.39, 0.29) is 45.6 Å². The maximum absolute atomic E-state index is 15.3. The number of rotatable bonds is 5. The summed E-state index contributed by atoms with van der Waals surface area (Å²) in [6.07, 6.45) is 2.34. The zero-order chi connectivity index (χ0) is 27.0. The SMILES string of the molecule is CC1(C)CC1C(=O)N1CC2(CN(C(=O)c3cncs3)CC2c2nnc(C(F)(F)c3ccc(Cl)c(Cl)c3)o2)C1. The van der Waals surface area contributed by atoms with Crippen molar-refractivity contribution in [2.75, 3.05) is 26.2 Å². The van der Waals surface area contributed by atoms with Gasteiger partial charge in [0, 0.05) is 43.1 Å². The standard InChI is InChI=1S/C25H23Cl2F2N5O3S/c1-23(2)6-14(23)20(35)34-10-24(11-34)9-33(21(36)18-7-30-12-38-18)8-15(24)19-31-32-22(37-19)25(28,29)13-3-4-16(26)17(27)5-13/h3-5,7,12,14-15H,6,8-11H2,1-2H3. The Morgan fingerprint density at radius 3 is 2.47 bits per heavy atom. The number of benzene rings is 1. The topological polar surface area (TPSA) is 92.4 Å². The summed E-state index contributed by atoms with van der Waals surface area (Å²) in [7, 11) is 0. The van der Waals surface area contributed by atoms with E-state index in [1.54, 1.807) is 15.3 Å². The number of carbonyl (C=O) groups excluding carboxylic acids is 2. The van der Waals surface area contributed by atoms with Crippen LogP contribution in [0.25, 0.3) is 0 Å². The average Bonchev–Trinajstić information content (AvgIpc) is 3.38. The molecule has 0 radical (unpaired) electrons. The molecule has 1 aromatic carbocycles. The first-order valence-electron chi connectivity index (χ1n) is 12.1. The molecule has 2 atom stereocenters. The van der Waals surface area contributed by atoms with Crippen molar-refractivity contribution in [1.82, 2.24) is 25.0 Å². The van der Waals surface area contributed by atoms with Crippen LogP contribution in [0.2, 0.25) is 10.0 Å². The Morgan fingerprint density at radius 2 is 1.84 bits per heavy atom. The molecule has 8 nitrogen and oxygen atoms in total. The summed E-state index contributed by atoms with van der Waals surface area (Å²) < 4.78 is 36.2. The van der Waals surface area contributed by atoms with Crippen LogP contribution in [0.4, 0.5) is 8.78 Å². The Bertz CT molecular complexity index is 1420. The quantitative estimate of drug-likeness (QED) is 0.417. The molecule has 1 saturated carbocycles. The Hall–Kier alpha value is -2.63. The van der Waals surface area contributed by atoms with Gasteiger partial charge < -0.3 is 14.2 Å². The van der Waals surface area contributed by atoms with E-state index in [1.807, 2.05) is 0 Å². The second kappa shape index (κ2) is 8.69. The third-order valence-corrected chi connectivity index (χ3v) is 9.50. The molecule has 3 aromatic rings. The first-order chi connectivity index (χ1) is 17.9. The van der Waals surface area contributed by atoms with Crippen LogP contribution in [-0.2, 0) is 10.7 Å². The van der Waals surface area contributed by atoms with Crippen LogP contribution in [0.1, 0.15) is 53.2 Å². The minimum Gasteiger partial charge on any atom is -0.419 e. The highest BCUT2D eigenvalue weighted by Gasteiger charge is 2.62. The Kier molecular flexibility index (Phi) is 5.86. The van der Waals surface area contributed by atoms with Crippen molar-refractivity contribution in [1.29, 1.82) is 0 Å². The minimum absolute atomic E-state index is 0.0122. The maximum atomic E-state index is 15.3. The molecule has 6 rings (SSSR count). The lowest BCUT2D eigenvalue weighted by molar-refractivity contribution is -0.146. The van der Waals surface area contributed by atoms with Crippen LogP contribution >= 0.6 is 34.5 Å². The fourth-order valence-corrected chi connectivity index (χ4v) is 6.44. The molecule has 200 valence electrons. The number of aromatic nitrogens is 3. The molecule has 3 aliphatic rings. The van der Waals surface area contributed by atoms with Gasteiger partial charge in [-0.3, -0.25) is 14.6 Å². The second-order valence-corrected chi connectivity index (χ2v) is 12.8. The van der Waals surface area contributed by atoms with Gasteiger partial charge in [-0.25, -0.2) is 0 Å². The zero-order valence-electron chi connectivity index (χ0n) is 20.5. The monoisotopic (exact) mass is 581 g/mol. The summed E-state index contributed by atoms with van der Waals surface area (Å²) in [4.78, 5) is 34.0. The van der Waals surface area contributed by atoms with Crippen LogP contribution in [0.3, 0.4) is 0 Å². The first-order valence-corrected chi connectivity index (χ1v) is 13.7. The molecule has 2 aliphatic heterocycles. The van der Waals surface area contributed by atoms with E-state index in [1.165, 1.54) is 23.6 Å². The molecular weight excluding hydrogens is 559 g/mol. The van der Waals surface area contributed by atoms with Crippen LogP contribution in [0.15, 0.2) is 34.3 Å². The Morgan fingerprint density at radius 1 is 1.13 bits per heavy atom. The van der Waals surface area contributed by atoms with Gasteiger partial charge >= 0.3 is 5.92 Å². The third kappa shape index (κ3) is 4.10. The van der Waals surface area contributed by atoms with Gasteiger partial charge in [-0.05, 0) is 24.0 Å². The van der Waals surface area contributed by atoms with Gasteiger partial charge in [0.1, 0.15) is 4.88 Å². The van der Waals surface area contributed by atoms with Crippen molar-refractivity contribution < 1.29 is 22.8 Å². The van der Waals surface area contributed by atoms with Crippen molar-refractivity contribution in [3.8, 4) is 0 Å². The number of alkyl halides is 2. The summed E-state index contributed by atoms with van der Waals surface area (Å²) in [5.74, 6) is -5.12. The molecular formula is C25H23Cl2F2N5O3S. The average molecular weight is 582 g/mol. The fraction of sp³-hybridized carbons (Fsp3) is 0.480.